The molecule has 0 radical (unpaired) electrons. The number of pyridine rings is 1. The SMILES string of the molecule is COc1ccc2nc(N3CC(c4nccnc4N4CCC(N)CC4)C3)ccc2c1. The lowest BCUT2D eigenvalue weighted by molar-refractivity contribution is 0.415. The lowest BCUT2D eigenvalue weighted by Gasteiger charge is -2.41. The van der Waals surface area contributed by atoms with Crippen LogP contribution in [0.15, 0.2) is 42.7 Å². The van der Waals surface area contributed by atoms with Crippen molar-refractivity contribution in [2.75, 3.05) is 43.1 Å². The lowest BCUT2D eigenvalue weighted by Crippen LogP contribution is -2.47. The molecular formula is C22H26N6O. The number of aromatic nitrogens is 3. The molecule has 0 unspecified atom stereocenters. The summed E-state index contributed by atoms with van der Waals surface area (Å²) in [5.41, 5.74) is 8.15. The van der Waals surface area contributed by atoms with Crippen molar-refractivity contribution in [2.24, 2.45) is 5.73 Å². The van der Waals surface area contributed by atoms with Gasteiger partial charge in [-0.2, -0.15) is 0 Å². The van der Waals surface area contributed by atoms with Crippen LogP contribution in [0, 0.1) is 0 Å². The van der Waals surface area contributed by atoms with E-state index in [1.165, 1.54) is 0 Å². The van der Waals surface area contributed by atoms with Gasteiger partial charge < -0.3 is 20.3 Å². The highest BCUT2D eigenvalue weighted by Crippen LogP contribution is 2.35. The maximum Gasteiger partial charge on any atom is 0.150 e. The second-order valence-electron chi connectivity index (χ2n) is 7.92. The molecule has 5 rings (SSSR count). The summed E-state index contributed by atoms with van der Waals surface area (Å²) in [5, 5.41) is 1.09. The molecule has 2 aliphatic rings. The van der Waals surface area contributed by atoms with E-state index < -0.39 is 0 Å². The van der Waals surface area contributed by atoms with Crippen LogP contribution in [0.2, 0.25) is 0 Å². The van der Waals surface area contributed by atoms with Crippen molar-refractivity contribution in [1.82, 2.24) is 15.0 Å². The number of ether oxygens (including phenoxy) is 1. The molecular weight excluding hydrogens is 364 g/mol. The molecule has 0 atom stereocenters. The van der Waals surface area contributed by atoms with Crippen molar-refractivity contribution in [3.63, 3.8) is 0 Å². The van der Waals surface area contributed by atoms with Crippen molar-refractivity contribution in [1.29, 1.82) is 0 Å². The van der Waals surface area contributed by atoms with E-state index >= 15 is 0 Å². The number of nitrogens with zero attached hydrogens (tertiary/aromatic N) is 5. The number of nitrogens with two attached hydrogens (primary N) is 1. The summed E-state index contributed by atoms with van der Waals surface area (Å²) in [5.74, 6) is 3.27. The van der Waals surface area contributed by atoms with Crippen LogP contribution in [0.25, 0.3) is 10.9 Å². The van der Waals surface area contributed by atoms with Gasteiger partial charge in [0.1, 0.15) is 11.6 Å². The van der Waals surface area contributed by atoms with E-state index in [9.17, 15) is 0 Å². The Labute approximate surface area is 170 Å². The number of hydrogen-bond acceptors (Lipinski definition) is 7. The van der Waals surface area contributed by atoms with Crippen LogP contribution in [0.5, 0.6) is 5.75 Å². The fourth-order valence-corrected chi connectivity index (χ4v) is 4.22. The molecule has 3 aromatic rings. The molecule has 0 amide bonds. The third-order valence-electron chi connectivity index (χ3n) is 6.02. The molecule has 7 heteroatoms. The van der Waals surface area contributed by atoms with Gasteiger partial charge in [0.15, 0.2) is 5.82 Å². The average molecular weight is 390 g/mol. The van der Waals surface area contributed by atoms with Crippen molar-refractivity contribution in [2.45, 2.75) is 24.8 Å². The number of hydrogen-bond donors (Lipinski definition) is 1. The highest BCUT2D eigenvalue weighted by Gasteiger charge is 2.34. The fraction of sp³-hybridized carbons (Fsp3) is 0.409. The number of rotatable bonds is 4. The van der Waals surface area contributed by atoms with Crippen LogP contribution < -0.4 is 20.3 Å². The lowest BCUT2D eigenvalue weighted by atomic mass is 9.94. The third-order valence-corrected chi connectivity index (χ3v) is 6.02. The standard InChI is InChI=1S/C22H26N6O/c1-29-18-3-4-19-15(12-18)2-5-20(26-19)28-13-16(14-28)21-22(25-9-8-24-21)27-10-6-17(23)7-11-27/h2-5,8-9,12,16-17H,6-7,10-11,13-14,23H2,1H3. The molecule has 0 saturated carbocycles. The van der Waals surface area contributed by atoms with Gasteiger partial charge in [0.25, 0.3) is 0 Å². The third kappa shape index (κ3) is 3.46. The molecule has 4 heterocycles. The topological polar surface area (TPSA) is 80.4 Å². The maximum atomic E-state index is 6.07. The maximum absolute atomic E-state index is 6.07. The van der Waals surface area contributed by atoms with Crippen LogP contribution >= 0.6 is 0 Å². The Bertz CT molecular complexity index is 1010. The molecule has 2 saturated heterocycles. The highest BCUT2D eigenvalue weighted by atomic mass is 16.5. The highest BCUT2D eigenvalue weighted by molar-refractivity contribution is 5.82. The molecule has 0 aliphatic carbocycles. The van der Waals surface area contributed by atoms with Gasteiger partial charge in [-0.15, -0.1) is 0 Å². The van der Waals surface area contributed by atoms with Gasteiger partial charge in [0.05, 0.1) is 18.3 Å². The quantitative estimate of drug-likeness (QED) is 0.733. The first-order valence-electron chi connectivity index (χ1n) is 10.2. The molecule has 29 heavy (non-hydrogen) atoms. The van der Waals surface area contributed by atoms with Crippen molar-refractivity contribution < 1.29 is 4.74 Å². The van der Waals surface area contributed by atoms with Gasteiger partial charge in [0, 0.05) is 55.9 Å². The number of fused-ring (bicyclic) bond motifs is 1. The molecule has 2 aliphatic heterocycles. The summed E-state index contributed by atoms with van der Waals surface area (Å²) in [6, 6.07) is 10.5. The average Bonchev–Trinajstić information content (AvgIpc) is 2.73. The minimum atomic E-state index is 0.310. The Balaban J connectivity index is 1.32. The van der Waals surface area contributed by atoms with Crippen LogP contribution in [0.3, 0.4) is 0 Å². The van der Waals surface area contributed by atoms with Gasteiger partial charge >= 0.3 is 0 Å². The zero-order valence-corrected chi connectivity index (χ0v) is 16.7. The Kier molecular flexibility index (Phi) is 4.67. The molecule has 2 fully saturated rings. The van der Waals surface area contributed by atoms with Gasteiger partial charge in [-0.1, -0.05) is 0 Å². The molecule has 7 nitrogen and oxygen atoms in total. The first kappa shape index (κ1) is 18.1. The monoisotopic (exact) mass is 390 g/mol. The van der Waals surface area contributed by atoms with E-state index in [0.29, 0.717) is 12.0 Å². The fourth-order valence-electron chi connectivity index (χ4n) is 4.22. The molecule has 150 valence electrons. The number of piperidine rings is 1. The van der Waals surface area contributed by atoms with Crippen LogP contribution in [0.1, 0.15) is 24.5 Å². The number of anilines is 2. The summed E-state index contributed by atoms with van der Waals surface area (Å²) < 4.78 is 5.30. The minimum absolute atomic E-state index is 0.310. The summed E-state index contributed by atoms with van der Waals surface area (Å²) >= 11 is 0. The molecule has 1 aromatic carbocycles. The molecule has 0 spiro atoms. The predicted octanol–water partition coefficient (Wildman–Crippen LogP) is 2.56. The van der Waals surface area contributed by atoms with Crippen LogP contribution in [-0.4, -0.2) is 54.3 Å². The van der Waals surface area contributed by atoms with Gasteiger partial charge in [-0.3, -0.25) is 4.98 Å². The first-order chi connectivity index (χ1) is 14.2. The van der Waals surface area contributed by atoms with Gasteiger partial charge in [0.2, 0.25) is 0 Å². The second-order valence-corrected chi connectivity index (χ2v) is 7.92. The first-order valence-corrected chi connectivity index (χ1v) is 10.2. The van der Waals surface area contributed by atoms with E-state index in [2.05, 4.69) is 26.9 Å². The second kappa shape index (κ2) is 7.48. The van der Waals surface area contributed by atoms with Gasteiger partial charge in [-0.05, 0) is 43.2 Å². The van der Waals surface area contributed by atoms with E-state index in [0.717, 1.165) is 73.0 Å². The van der Waals surface area contributed by atoms with Crippen LogP contribution in [-0.2, 0) is 0 Å². The zero-order chi connectivity index (χ0) is 19.8. The van der Waals surface area contributed by atoms with Crippen molar-refractivity contribution >= 4 is 22.5 Å². The minimum Gasteiger partial charge on any atom is -0.497 e. The van der Waals surface area contributed by atoms with Crippen molar-refractivity contribution in [3.8, 4) is 5.75 Å². The van der Waals surface area contributed by atoms with Crippen LogP contribution in [0.4, 0.5) is 11.6 Å². The van der Waals surface area contributed by atoms with E-state index in [4.69, 9.17) is 20.4 Å². The summed E-state index contributed by atoms with van der Waals surface area (Å²) in [4.78, 5) is 18.8. The van der Waals surface area contributed by atoms with E-state index in [1.54, 1.807) is 19.5 Å². The Morgan fingerprint density at radius 2 is 1.79 bits per heavy atom. The number of methoxy groups -OCH3 is 1. The Hall–Kier alpha value is -2.93. The Morgan fingerprint density at radius 3 is 2.59 bits per heavy atom. The summed E-state index contributed by atoms with van der Waals surface area (Å²) in [6.45, 7) is 3.74. The van der Waals surface area contributed by atoms with E-state index in [-0.39, 0.29) is 0 Å². The van der Waals surface area contributed by atoms with Gasteiger partial charge in [-0.25, -0.2) is 9.97 Å². The van der Waals surface area contributed by atoms with E-state index in [1.807, 2.05) is 18.2 Å². The zero-order valence-electron chi connectivity index (χ0n) is 16.7. The molecule has 2 N–H and O–H groups in total. The smallest absolute Gasteiger partial charge is 0.150 e. The summed E-state index contributed by atoms with van der Waals surface area (Å²) in [6.07, 6.45) is 5.62. The van der Waals surface area contributed by atoms with Crippen molar-refractivity contribution in [3.05, 3.63) is 48.4 Å². The normalized spacial score (nSPS) is 18.1. The largest absolute Gasteiger partial charge is 0.497 e. The summed E-state index contributed by atoms with van der Waals surface area (Å²) in [7, 11) is 1.68. The predicted molar refractivity (Wildman–Crippen MR) is 115 cm³/mol. The molecule has 2 aromatic heterocycles. The number of benzene rings is 1. The Morgan fingerprint density at radius 1 is 1.00 bits per heavy atom. The molecule has 0 bridgehead atoms.